The van der Waals surface area contributed by atoms with Gasteiger partial charge in [-0.25, -0.2) is 0 Å². The summed E-state index contributed by atoms with van der Waals surface area (Å²) < 4.78 is 5.92. The average molecular weight is 253 g/mol. The molecule has 1 aliphatic heterocycles. The fourth-order valence-electron chi connectivity index (χ4n) is 2.44. The first kappa shape index (κ1) is 12.2. The summed E-state index contributed by atoms with van der Waals surface area (Å²) in [5.41, 5.74) is 2.67. The third-order valence-electron chi connectivity index (χ3n) is 3.49. The summed E-state index contributed by atoms with van der Waals surface area (Å²) in [4.78, 5) is 0. The zero-order chi connectivity index (χ0) is 12.9. The van der Waals surface area contributed by atoms with Crippen LogP contribution < -0.4 is 10.1 Å². The number of hydrogen-bond donors (Lipinski definition) is 1. The van der Waals surface area contributed by atoms with E-state index in [1.165, 1.54) is 11.1 Å². The number of benzene rings is 2. The van der Waals surface area contributed by atoms with Crippen LogP contribution in [-0.4, -0.2) is 19.2 Å². The van der Waals surface area contributed by atoms with Gasteiger partial charge < -0.3 is 10.1 Å². The zero-order valence-electron chi connectivity index (χ0n) is 11.0. The van der Waals surface area contributed by atoms with E-state index in [0.717, 1.165) is 31.7 Å². The second kappa shape index (κ2) is 5.89. The molecule has 1 N–H and O–H groups in total. The lowest BCUT2D eigenvalue weighted by atomic mass is 10.1. The van der Waals surface area contributed by atoms with Crippen LogP contribution in [0.3, 0.4) is 0 Å². The van der Waals surface area contributed by atoms with Crippen molar-refractivity contribution in [3.8, 4) is 5.75 Å². The van der Waals surface area contributed by atoms with E-state index < -0.39 is 0 Å². The Morgan fingerprint density at radius 1 is 0.947 bits per heavy atom. The molecule has 0 radical (unpaired) electrons. The molecule has 98 valence electrons. The largest absolute Gasteiger partial charge is 0.489 e. The van der Waals surface area contributed by atoms with Crippen LogP contribution in [0, 0.1) is 0 Å². The first-order valence-electron chi connectivity index (χ1n) is 6.90. The SMILES string of the molecule is c1ccc(Cc2ccc(O[C@@H]3CCNC3)cc2)cc1. The molecular formula is C17H19NO. The van der Waals surface area contributed by atoms with Crippen LogP contribution >= 0.6 is 0 Å². The number of rotatable bonds is 4. The molecule has 19 heavy (non-hydrogen) atoms. The van der Waals surface area contributed by atoms with Gasteiger partial charge in [-0.15, -0.1) is 0 Å². The minimum atomic E-state index is 0.333. The molecule has 0 unspecified atom stereocenters. The van der Waals surface area contributed by atoms with Gasteiger partial charge in [0.2, 0.25) is 0 Å². The highest BCUT2D eigenvalue weighted by Gasteiger charge is 2.15. The topological polar surface area (TPSA) is 21.3 Å². The third-order valence-corrected chi connectivity index (χ3v) is 3.49. The molecule has 0 bridgehead atoms. The van der Waals surface area contributed by atoms with Gasteiger partial charge in [0.25, 0.3) is 0 Å². The lowest BCUT2D eigenvalue weighted by molar-refractivity contribution is 0.223. The normalized spacial score (nSPS) is 18.4. The lowest BCUT2D eigenvalue weighted by Crippen LogP contribution is -2.19. The fourth-order valence-corrected chi connectivity index (χ4v) is 2.44. The van der Waals surface area contributed by atoms with E-state index in [1.807, 2.05) is 0 Å². The van der Waals surface area contributed by atoms with Gasteiger partial charge >= 0.3 is 0 Å². The Kier molecular flexibility index (Phi) is 3.80. The summed E-state index contributed by atoms with van der Waals surface area (Å²) >= 11 is 0. The maximum Gasteiger partial charge on any atom is 0.119 e. The van der Waals surface area contributed by atoms with Gasteiger partial charge in [0.15, 0.2) is 0 Å². The van der Waals surface area contributed by atoms with Crippen molar-refractivity contribution in [2.45, 2.75) is 18.9 Å². The second-order valence-electron chi connectivity index (χ2n) is 5.04. The smallest absolute Gasteiger partial charge is 0.119 e. The Hall–Kier alpha value is -1.80. The molecule has 2 aromatic carbocycles. The predicted octanol–water partition coefficient (Wildman–Crippen LogP) is 3.02. The van der Waals surface area contributed by atoms with Crippen LogP contribution in [0.2, 0.25) is 0 Å². The summed E-state index contributed by atoms with van der Waals surface area (Å²) in [6.07, 6.45) is 2.41. The molecule has 1 fully saturated rings. The highest BCUT2D eigenvalue weighted by atomic mass is 16.5. The maximum atomic E-state index is 5.92. The van der Waals surface area contributed by atoms with Gasteiger partial charge in [-0.2, -0.15) is 0 Å². The minimum Gasteiger partial charge on any atom is -0.489 e. The van der Waals surface area contributed by atoms with Crippen molar-refractivity contribution < 1.29 is 4.74 Å². The van der Waals surface area contributed by atoms with E-state index in [1.54, 1.807) is 0 Å². The minimum absolute atomic E-state index is 0.333. The summed E-state index contributed by atoms with van der Waals surface area (Å²) in [6.45, 7) is 2.03. The van der Waals surface area contributed by atoms with Crippen molar-refractivity contribution in [1.29, 1.82) is 0 Å². The number of hydrogen-bond acceptors (Lipinski definition) is 2. The third kappa shape index (κ3) is 3.36. The Labute approximate surface area is 114 Å². The van der Waals surface area contributed by atoms with Crippen LogP contribution in [0.1, 0.15) is 17.5 Å². The molecule has 2 aromatic rings. The van der Waals surface area contributed by atoms with Crippen LogP contribution in [0.15, 0.2) is 54.6 Å². The van der Waals surface area contributed by atoms with E-state index in [-0.39, 0.29) is 0 Å². The maximum absolute atomic E-state index is 5.92. The van der Waals surface area contributed by atoms with Gasteiger partial charge in [-0.1, -0.05) is 42.5 Å². The van der Waals surface area contributed by atoms with Crippen LogP contribution in [0.25, 0.3) is 0 Å². The molecule has 1 saturated heterocycles. The summed E-state index contributed by atoms with van der Waals surface area (Å²) in [5, 5.41) is 3.31. The molecule has 0 saturated carbocycles. The summed E-state index contributed by atoms with van der Waals surface area (Å²) in [7, 11) is 0. The summed E-state index contributed by atoms with van der Waals surface area (Å²) in [5.74, 6) is 0.977. The molecular weight excluding hydrogens is 234 g/mol. The standard InChI is InChI=1S/C17H19NO/c1-2-4-14(5-3-1)12-15-6-8-16(9-7-15)19-17-10-11-18-13-17/h1-9,17-18H,10-13H2/t17-/m1/s1. The van der Waals surface area contributed by atoms with Crippen molar-refractivity contribution in [3.63, 3.8) is 0 Å². The van der Waals surface area contributed by atoms with Crippen LogP contribution in [-0.2, 0) is 6.42 Å². The van der Waals surface area contributed by atoms with Crippen molar-refractivity contribution in [3.05, 3.63) is 65.7 Å². The van der Waals surface area contributed by atoms with Gasteiger partial charge in [0.1, 0.15) is 11.9 Å². The Bertz CT molecular complexity index is 501. The van der Waals surface area contributed by atoms with Crippen molar-refractivity contribution in [1.82, 2.24) is 5.32 Å². The van der Waals surface area contributed by atoms with Gasteiger partial charge in [0, 0.05) is 6.54 Å². The van der Waals surface area contributed by atoms with Crippen molar-refractivity contribution >= 4 is 0 Å². The number of ether oxygens (including phenoxy) is 1. The van der Waals surface area contributed by atoms with Gasteiger partial charge in [-0.05, 0) is 42.6 Å². The fraction of sp³-hybridized carbons (Fsp3) is 0.294. The van der Waals surface area contributed by atoms with Crippen molar-refractivity contribution in [2.24, 2.45) is 0 Å². The molecule has 0 spiro atoms. The zero-order valence-corrected chi connectivity index (χ0v) is 11.0. The molecule has 3 rings (SSSR count). The van der Waals surface area contributed by atoms with E-state index in [2.05, 4.69) is 59.9 Å². The molecule has 2 nitrogen and oxygen atoms in total. The summed E-state index contributed by atoms with van der Waals surface area (Å²) in [6, 6.07) is 19.0. The molecule has 0 aliphatic carbocycles. The molecule has 1 aliphatic rings. The van der Waals surface area contributed by atoms with Gasteiger partial charge in [-0.3, -0.25) is 0 Å². The number of nitrogens with one attached hydrogen (secondary N) is 1. The Morgan fingerprint density at radius 2 is 1.68 bits per heavy atom. The van der Waals surface area contributed by atoms with Crippen LogP contribution in [0.4, 0.5) is 0 Å². The first-order chi connectivity index (χ1) is 9.40. The highest BCUT2D eigenvalue weighted by molar-refractivity contribution is 5.31. The first-order valence-corrected chi connectivity index (χ1v) is 6.90. The molecule has 1 atom stereocenters. The lowest BCUT2D eigenvalue weighted by Gasteiger charge is -2.12. The molecule has 0 amide bonds. The predicted molar refractivity (Wildman–Crippen MR) is 77.6 cm³/mol. The van der Waals surface area contributed by atoms with Gasteiger partial charge in [0.05, 0.1) is 0 Å². The Balaban J connectivity index is 1.62. The van der Waals surface area contributed by atoms with E-state index in [9.17, 15) is 0 Å². The molecule has 2 heteroatoms. The van der Waals surface area contributed by atoms with E-state index in [4.69, 9.17) is 4.74 Å². The molecule has 1 heterocycles. The second-order valence-corrected chi connectivity index (χ2v) is 5.04. The van der Waals surface area contributed by atoms with E-state index >= 15 is 0 Å². The Morgan fingerprint density at radius 3 is 2.37 bits per heavy atom. The van der Waals surface area contributed by atoms with Crippen LogP contribution in [0.5, 0.6) is 5.75 Å². The quantitative estimate of drug-likeness (QED) is 0.904. The average Bonchev–Trinajstić information content (AvgIpc) is 2.95. The molecule has 0 aromatic heterocycles. The van der Waals surface area contributed by atoms with E-state index in [0.29, 0.717) is 6.10 Å². The van der Waals surface area contributed by atoms with Crippen molar-refractivity contribution in [2.75, 3.05) is 13.1 Å². The monoisotopic (exact) mass is 253 g/mol. The highest BCUT2D eigenvalue weighted by Crippen LogP contribution is 2.18.